The summed E-state index contributed by atoms with van der Waals surface area (Å²) in [5.41, 5.74) is 1.36. The van der Waals surface area contributed by atoms with Crippen molar-refractivity contribution in [2.75, 3.05) is 11.9 Å². The summed E-state index contributed by atoms with van der Waals surface area (Å²) in [6, 6.07) is 11.1. The molecule has 19 heavy (non-hydrogen) atoms. The monoisotopic (exact) mass is 325 g/mol. The zero-order chi connectivity index (χ0) is 13.8. The number of phenolic OH excluding ortho intramolecular Hbond substituents is 1. The fraction of sp³-hybridized carbons (Fsp3) is 0.143. The molecule has 0 spiro atoms. The molecular weight excluding hydrogens is 313 g/mol. The first kappa shape index (κ1) is 13.8. The molecule has 0 aliphatic carbocycles. The van der Waals surface area contributed by atoms with Crippen LogP contribution in [0.15, 0.2) is 46.9 Å². The number of phenols is 1. The Morgan fingerprint density at radius 1 is 1.21 bits per heavy atom. The molecule has 2 aromatic rings. The summed E-state index contributed by atoms with van der Waals surface area (Å²) in [5.74, 6) is -1.11. The van der Waals surface area contributed by atoms with E-state index in [4.69, 9.17) is 5.11 Å². The third kappa shape index (κ3) is 3.24. The summed E-state index contributed by atoms with van der Waals surface area (Å²) in [6.45, 7) is -0.189. The second-order valence-electron chi connectivity index (χ2n) is 4.07. The molecule has 1 atom stereocenters. The van der Waals surface area contributed by atoms with Crippen molar-refractivity contribution in [3.8, 4) is 5.75 Å². The number of para-hydroxylation sites is 1. The molecule has 0 amide bonds. The van der Waals surface area contributed by atoms with Crippen molar-refractivity contribution in [2.24, 2.45) is 0 Å². The lowest BCUT2D eigenvalue weighted by Crippen LogP contribution is -2.15. The topological polar surface area (TPSA) is 52.5 Å². The molecule has 2 rings (SSSR count). The Morgan fingerprint density at radius 3 is 2.58 bits per heavy atom. The predicted molar refractivity (Wildman–Crippen MR) is 75.7 cm³/mol. The van der Waals surface area contributed by atoms with Gasteiger partial charge < -0.3 is 15.5 Å². The largest absolute Gasteiger partial charge is 0.505 e. The van der Waals surface area contributed by atoms with E-state index >= 15 is 0 Å². The first-order valence-corrected chi connectivity index (χ1v) is 6.51. The highest BCUT2D eigenvalue weighted by molar-refractivity contribution is 9.10. The van der Waals surface area contributed by atoms with E-state index < -0.39 is 17.6 Å². The van der Waals surface area contributed by atoms with Crippen molar-refractivity contribution in [2.45, 2.75) is 6.04 Å². The van der Waals surface area contributed by atoms with Crippen molar-refractivity contribution in [1.29, 1.82) is 0 Å². The summed E-state index contributed by atoms with van der Waals surface area (Å²) in [6.07, 6.45) is 0. The molecule has 0 saturated heterocycles. The fourth-order valence-corrected chi connectivity index (χ4v) is 2.14. The van der Waals surface area contributed by atoms with Crippen LogP contribution < -0.4 is 5.32 Å². The highest BCUT2D eigenvalue weighted by Gasteiger charge is 2.13. The van der Waals surface area contributed by atoms with Gasteiger partial charge in [0.15, 0.2) is 11.6 Å². The quantitative estimate of drug-likeness (QED) is 0.807. The number of aromatic hydroxyl groups is 1. The molecule has 0 bridgehead atoms. The van der Waals surface area contributed by atoms with Gasteiger partial charge in [-0.2, -0.15) is 0 Å². The maximum atomic E-state index is 13.3. The maximum absolute atomic E-state index is 13.3. The van der Waals surface area contributed by atoms with Crippen LogP contribution in [0.3, 0.4) is 0 Å². The van der Waals surface area contributed by atoms with Crippen LogP contribution in [0, 0.1) is 5.82 Å². The third-order valence-electron chi connectivity index (χ3n) is 2.76. The average molecular weight is 326 g/mol. The summed E-state index contributed by atoms with van der Waals surface area (Å²) in [7, 11) is 0. The van der Waals surface area contributed by atoms with Gasteiger partial charge in [-0.15, -0.1) is 0 Å². The van der Waals surface area contributed by atoms with E-state index in [9.17, 15) is 9.50 Å². The lowest BCUT2D eigenvalue weighted by Gasteiger charge is -2.19. The molecule has 0 radical (unpaired) electrons. The molecule has 3 nitrogen and oxygen atoms in total. The Balaban J connectivity index is 2.25. The Bertz CT molecular complexity index is 577. The zero-order valence-corrected chi connectivity index (χ0v) is 11.6. The van der Waals surface area contributed by atoms with E-state index in [0.29, 0.717) is 5.56 Å². The average Bonchev–Trinajstić information content (AvgIpc) is 2.41. The van der Waals surface area contributed by atoms with Crippen molar-refractivity contribution in [3.05, 3.63) is 58.3 Å². The zero-order valence-electron chi connectivity index (χ0n) is 9.98. The van der Waals surface area contributed by atoms with E-state index in [-0.39, 0.29) is 6.61 Å². The molecule has 0 fully saturated rings. The highest BCUT2D eigenvalue weighted by atomic mass is 79.9. The molecular formula is C14H13BrFNO2. The number of aliphatic hydroxyl groups excluding tert-OH is 1. The smallest absolute Gasteiger partial charge is 0.165 e. The first-order valence-electron chi connectivity index (χ1n) is 5.72. The fourth-order valence-electron chi connectivity index (χ4n) is 1.74. The van der Waals surface area contributed by atoms with Crippen molar-refractivity contribution in [3.63, 3.8) is 0 Å². The standard InChI is InChI=1S/C14H13BrFNO2/c15-10-3-1-2-4-12(10)17-13(8-18)9-5-6-14(19)11(16)7-9/h1-7,13,17-19H,8H2. The van der Waals surface area contributed by atoms with Gasteiger partial charge in [-0.1, -0.05) is 18.2 Å². The predicted octanol–water partition coefficient (Wildman–Crippen LogP) is 3.44. The van der Waals surface area contributed by atoms with Crippen LogP contribution in [0.25, 0.3) is 0 Å². The van der Waals surface area contributed by atoms with Gasteiger partial charge in [0.25, 0.3) is 0 Å². The van der Waals surface area contributed by atoms with Crippen LogP contribution >= 0.6 is 15.9 Å². The van der Waals surface area contributed by atoms with E-state index in [0.717, 1.165) is 10.2 Å². The van der Waals surface area contributed by atoms with Crippen LogP contribution in [0.4, 0.5) is 10.1 Å². The number of benzene rings is 2. The summed E-state index contributed by atoms with van der Waals surface area (Å²) in [4.78, 5) is 0. The van der Waals surface area contributed by atoms with Gasteiger partial charge in [0.1, 0.15) is 0 Å². The number of hydrogen-bond acceptors (Lipinski definition) is 3. The number of rotatable bonds is 4. The van der Waals surface area contributed by atoms with Gasteiger partial charge in [-0.3, -0.25) is 0 Å². The molecule has 5 heteroatoms. The Hall–Kier alpha value is -1.59. The van der Waals surface area contributed by atoms with Gasteiger partial charge in [0.05, 0.1) is 12.6 Å². The van der Waals surface area contributed by atoms with Crippen molar-refractivity contribution in [1.82, 2.24) is 0 Å². The molecule has 1 unspecified atom stereocenters. The van der Waals surface area contributed by atoms with Gasteiger partial charge in [-0.25, -0.2) is 4.39 Å². The number of aliphatic hydroxyl groups is 1. The molecule has 2 aromatic carbocycles. The molecule has 0 aliphatic rings. The van der Waals surface area contributed by atoms with Gasteiger partial charge in [0.2, 0.25) is 0 Å². The third-order valence-corrected chi connectivity index (χ3v) is 3.45. The van der Waals surface area contributed by atoms with E-state index in [2.05, 4.69) is 21.2 Å². The maximum Gasteiger partial charge on any atom is 0.165 e. The van der Waals surface area contributed by atoms with E-state index in [1.807, 2.05) is 24.3 Å². The molecule has 0 aliphatic heterocycles. The first-order chi connectivity index (χ1) is 9.11. The van der Waals surface area contributed by atoms with Crippen LogP contribution in [0.2, 0.25) is 0 Å². The second-order valence-corrected chi connectivity index (χ2v) is 4.92. The van der Waals surface area contributed by atoms with Gasteiger partial charge in [0, 0.05) is 10.2 Å². The highest BCUT2D eigenvalue weighted by Crippen LogP contribution is 2.27. The lowest BCUT2D eigenvalue weighted by atomic mass is 10.1. The molecule has 0 heterocycles. The Kier molecular flexibility index (Phi) is 4.39. The molecule has 100 valence electrons. The Labute approximate surface area is 118 Å². The summed E-state index contributed by atoms with van der Waals surface area (Å²) >= 11 is 3.39. The summed E-state index contributed by atoms with van der Waals surface area (Å²) < 4.78 is 14.2. The molecule has 0 aromatic heterocycles. The minimum Gasteiger partial charge on any atom is -0.505 e. The normalized spacial score (nSPS) is 12.2. The number of halogens is 2. The lowest BCUT2D eigenvalue weighted by molar-refractivity contribution is 0.276. The van der Waals surface area contributed by atoms with E-state index in [1.54, 1.807) is 6.07 Å². The van der Waals surface area contributed by atoms with Crippen LogP contribution in [-0.2, 0) is 0 Å². The SMILES string of the molecule is OCC(Nc1ccccc1Br)c1ccc(O)c(F)c1. The van der Waals surface area contributed by atoms with Crippen LogP contribution in [0.1, 0.15) is 11.6 Å². The van der Waals surface area contributed by atoms with Gasteiger partial charge >= 0.3 is 0 Å². The Morgan fingerprint density at radius 2 is 1.95 bits per heavy atom. The molecule has 0 saturated carbocycles. The van der Waals surface area contributed by atoms with Crippen molar-refractivity contribution < 1.29 is 14.6 Å². The minimum absolute atomic E-state index is 0.189. The minimum atomic E-state index is -0.704. The number of anilines is 1. The van der Waals surface area contributed by atoms with E-state index in [1.165, 1.54) is 12.1 Å². The number of nitrogens with one attached hydrogen (secondary N) is 1. The summed E-state index contributed by atoms with van der Waals surface area (Å²) in [5, 5.41) is 21.7. The van der Waals surface area contributed by atoms with Gasteiger partial charge in [-0.05, 0) is 45.8 Å². The van der Waals surface area contributed by atoms with Crippen LogP contribution in [-0.4, -0.2) is 16.8 Å². The second kappa shape index (κ2) is 6.04. The van der Waals surface area contributed by atoms with Crippen molar-refractivity contribution >= 4 is 21.6 Å². The number of hydrogen-bond donors (Lipinski definition) is 3. The van der Waals surface area contributed by atoms with Crippen LogP contribution in [0.5, 0.6) is 5.75 Å². The molecule has 3 N–H and O–H groups in total.